The SMILES string of the molecule is CC(C)(C)c1cc(NC(=O)C2CC(C)(C)N([O])C(C)(C)C2)cc(C(C)(C)C)c1O. The van der Waals surface area contributed by atoms with Crippen LogP contribution in [-0.2, 0) is 20.8 Å². The predicted octanol–water partition coefficient (Wildman–Crippen LogP) is 5.54. The molecule has 1 amide bonds. The minimum Gasteiger partial charge on any atom is -0.507 e. The number of rotatable bonds is 2. The van der Waals surface area contributed by atoms with Gasteiger partial charge in [0.2, 0.25) is 5.91 Å². The Morgan fingerprint density at radius 1 is 0.966 bits per heavy atom. The predicted molar refractivity (Wildman–Crippen MR) is 118 cm³/mol. The topological polar surface area (TPSA) is 72.5 Å². The molecular formula is C24H39N2O3. The van der Waals surface area contributed by atoms with Gasteiger partial charge in [-0.25, -0.2) is 0 Å². The number of aromatic hydroxyl groups is 1. The summed E-state index contributed by atoms with van der Waals surface area (Å²) in [7, 11) is 0. The third kappa shape index (κ3) is 4.95. The number of phenols is 1. The van der Waals surface area contributed by atoms with Crippen molar-refractivity contribution in [2.75, 3.05) is 5.32 Å². The molecule has 1 aliphatic heterocycles. The molecule has 1 fully saturated rings. The van der Waals surface area contributed by atoms with E-state index in [9.17, 15) is 15.1 Å². The number of benzene rings is 1. The summed E-state index contributed by atoms with van der Waals surface area (Å²) in [5, 5.41) is 27.7. The minimum absolute atomic E-state index is 0.0651. The largest absolute Gasteiger partial charge is 0.507 e. The Labute approximate surface area is 176 Å². The third-order valence-corrected chi connectivity index (χ3v) is 5.96. The van der Waals surface area contributed by atoms with Crippen LogP contribution in [0.25, 0.3) is 0 Å². The lowest BCUT2D eigenvalue weighted by molar-refractivity contribution is -0.292. The van der Waals surface area contributed by atoms with Crippen LogP contribution in [-0.4, -0.2) is 27.2 Å². The van der Waals surface area contributed by atoms with Crippen LogP contribution in [0.1, 0.15) is 93.2 Å². The van der Waals surface area contributed by atoms with Gasteiger partial charge in [-0.15, -0.1) is 10.3 Å². The summed E-state index contributed by atoms with van der Waals surface area (Å²) in [5.41, 5.74) is 0.622. The fourth-order valence-electron chi connectivity index (χ4n) is 4.54. The molecule has 163 valence electrons. The van der Waals surface area contributed by atoms with Gasteiger partial charge in [0.1, 0.15) is 5.75 Å². The molecule has 5 heteroatoms. The van der Waals surface area contributed by atoms with Crippen LogP contribution in [0.4, 0.5) is 5.69 Å². The van der Waals surface area contributed by atoms with Crippen LogP contribution in [0.2, 0.25) is 0 Å². The van der Waals surface area contributed by atoms with E-state index in [-0.39, 0.29) is 22.7 Å². The second-order valence-electron chi connectivity index (χ2n) is 11.9. The summed E-state index contributed by atoms with van der Waals surface area (Å²) >= 11 is 0. The van der Waals surface area contributed by atoms with Crippen LogP contribution in [0.15, 0.2) is 12.1 Å². The average Bonchev–Trinajstić information content (AvgIpc) is 2.51. The number of piperidine rings is 1. The lowest BCUT2D eigenvalue weighted by atomic mass is 9.75. The second-order valence-corrected chi connectivity index (χ2v) is 11.9. The smallest absolute Gasteiger partial charge is 0.227 e. The molecule has 0 spiro atoms. The zero-order valence-corrected chi connectivity index (χ0v) is 19.9. The zero-order valence-electron chi connectivity index (χ0n) is 19.9. The molecule has 0 aliphatic carbocycles. The molecule has 0 saturated carbocycles. The lowest BCUT2D eigenvalue weighted by Crippen LogP contribution is -2.59. The fourth-order valence-corrected chi connectivity index (χ4v) is 4.54. The van der Waals surface area contributed by atoms with E-state index < -0.39 is 11.1 Å². The van der Waals surface area contributed by atoms with E-state index in [0.717, 1.165) is 16.2 Å². The van der Waals surface area contributed by atoms with E-state index in [4.69, 9.17) is 0 Å². The van der Waals surface area contributed by atoms with Crippen molar-refractivity contribution < 1.29 is 15.1 Å². The first-order valence-corrected chi connectivity index (χ1v) is 10.5. The molecule has 1 radical (unpaired) electrons. The van der Waals surface area contributed by atoms with Gasteiger partial charge in [0, 0.05) is 33.8 Å². The maximum absolute atomic E-state index is 13.2. The van der Waals surface area contributed by atoms with Crippen molar-refractivity contribution >= 4 is 11.6 Å². The Kier molecular flexibility index (Phi) is 5.94. The first-order chi connectivity index (χ1) is 12.9. The molecule has 29 heavy (non-hydrogen) atoms. The highest BCUT2D eigenvalue weighted by Gasteiger charge is 2.48. The Hall–Kier alpha value is -1.59. The number of anilines is 1. The number of carbonyl (C=O) groups excluding carboxylic acids is 1. The van der Waals surface area contributed by atoms with Gasteiger partial charge in [0.05, 0.1) is 0 Å². The van der Waals surface area contributed by atoms with Gasteiger partial charge < -0.3 is 10.4 Å². The van der Waals surface area contributed by atoms with E-state index in [1.807, 2.05) is 39.8 Å². The summed E-state index contributed by atoms with van der Waals surface area (Å²) in [6, 6.07) is 3.75. The van der Waals surface area contributed by atoms with Gasteiger partial charge in [-0.05, 0) is 63.5 Å². The van der Waals surface area contributed by atoms with Crippen LogP contribution < -0.4 is 5.32 Å². The van der Waals surface area contributed by atoms with E-state index in [0.29, 0.717) is 24.3 Å². The number of phenolic OH excluding ortho intramolecular Hbond substituents is 1. The van der Waals surface area contributed by atoms with E-state index in [2.05, 4.69) is 46.9 Å². The van der Waals surface area contributed by atoms with Gasteiger partial charge in [0.25, 0.3) is 0 Å². The van der Waals surface area contributed by atoms with Crippen LogP contribution in [0.5, 0.6) is 5.75 Å². The maximum Gasteiger partial charge on any atom is 0.227 e. The Morgan fingerprint density at radius 2 is 1.34 bits per heavy atom. The number of amides is 1. The number of hydroxylamine groups is 2. The van der Waals surface area contributed by atoms with Crippen molar-refractivity contribution in [1.29, 1.82) is 0 Å². The highest BCUT2D eigenvalue weighted by Crippen LogP contribution is 2.43. The Bertz CT molecular complexity index is 729. The summed E-state index contributed by atoms with van der Waals surface area (Å²) in [5.74, 6) is -0.00948. The van der Waals surface area contributed by atoms with Crippen molar-refractivity contribution in [2.24, 2.45) is 5.92 Å². The van der Waals surface area contributed by atoms with Crippen molar-refractivity contribution in [3.8, 4) is 5.75 Å². The van der Waals surface area contributed by atoms with E-state index in [1.54, 1.807) is 0 Å². The van der Waals surface area contributed by atoms with Crippen molar-refractivity contribution in [2.45, 2.75) is 104 Å². The summed E-state index contributed by atoms with van der Waals surface area (Å²) in [4.78, 5) is 13.2. The molecule has 1 saturated heterocycles. The van der Waals surface area contributed by atoms with Gasteiger partial charge >= 0.3 is 0 Å². The van der Waals surface area contributed by atoms with Gasteiger partial charge in [-0.2, -0.15) is 0 Å². The van der Waals surface area contributed by atoms with Crippen LogP contribution in [0.3, 0.4) is 0 Å². The molecule has 0 aromatic heterocycles. The highest BCUT2D eigenvalue weighted by molar-refractivity contribution is 5.93. The Morgan fingerprint density at radius 3 is 1.69 bits per heavy atom. The standard InChI is InChI=1S/C24H39N2O3/c1-21(2,3)17-11-16(12-18(19(17)27)22(4,5)6)25-20(28)15-13-23(7,8)26(29)24(9,10)14-15/h11-12,15,27H,13-14H2,1-10H3,(H,25,28). The molecule has 2 rings (SSSR count). The van der Waals surface area contributed by atoms with Gasteiger partial charge in [-0.1, -0.05) is 41.5 Å². The summed E-state index contributed by atoms with van der Waals surface area (Å²) in [6.45, 7) is 19.9. The van der Waals surface area contributed by atoms with Crippen molar-refractivity contribution in [1.82, 2.24) is 5.06 Å². The molecule has 0 bridgehead atoms. The van der Waals surface area contributed by atoms with E-state index in [1.165, 1.54) is 0 Å². The second kappa shape index (κ2) is 7.28. The summed E-state index contributed by atoms with van der Waals surface area (Å²) < 4.78 is 0. The first kappa shape index (κ1) is 23.7. The van der Waals surface area contributed by atoms with Gasteiger partial charge in [0.15, 0.2) is 0 Å². The number of carbonyl (C=O) groups is 1. The molecule has 1 aliphatic rings. The molecular weight excluding hydrogens is 364 g/mol. The highest BCUT2D eigenvalue weighted by atomic mass is 16.5. The molecule has 1 heterocycles. The fraction of sp³-hybridized carbons (Fsp3) is 0.708. The Balaban J connectivity index is 2.40. The number of hydrogen-bond donors (Lipinski definition) is 2. The van der Waals surface area contributed by atoms with Crippen LogP contribution >= 0.6 is 0 Å². The molecule has 1 aromatic rings. The lowest BCUT2D eigenvalue weighted by Gasteiger charge is -2.49. The molecule has 0 atom stereocenters. The van der Waals surface area contributed by atoms with E-state index >= 15 is 0 Å². The quantitative estimate of drug-likeness (QED) is 0.637. The first-order valence-electron chi connectivity index (χ1n) is 10.5. The zero-order chi connectivity index (χ0) is 22.6. The molecule has 5 nitrogen and oxygen atoms in total. The van der Waals surface area contributed by atoms with Crippen LogP contribution in [0, 0.1) is 5.92 Å². The number of hydrogen-bond acceptors (Lipinski definition) is 3. The van der Waals surface area contributed by atoms with Gasteiger partial charge in [-0.3, -0.25) is 4.79 Å². The maximum atomic E-state index is 13.2. The number of nitrogens with zero attached hydrogens (tertiary/aromatic N) is 1. The number of nitrogens with one attached hydrogen (secondary N) is 1. The molecule has 2 N–H and O–H groups in total. The normalized spacial score (nSPS) is 20.5. The van der Waals surface area contributed by atoms with Crippen molar-refractivity contribution in [3.05, 3.63) is 23.3 Å². The van der Waals surface area contributed by atoms with Crippen molar-refractivity contribution in [3.63, 3.8) is 0 Å². The minimum atomic E-state index is -0.591. The summed E-state index contributed by atoms with van der Waals surface area (Å²) in [6.07, 6.45) is 1.03. The molecule has 1 aromatic carbocycles. The third-order valence-electron chi connectivity index (χ3n) is 5.96. The molecule has 0 unspecified atom stereocenters. The average molecular weight is 404 g/mol. The monoisotopic (exact) mass is 403 g/mol.